The molecule has 0 bridgehead atoms. The molecule has 0 fully saturated rings. The van der Waals surface area contributed by atoms with Crippen molar-refractivity contribution in [1.82, 2.24) is 10.3 Å². The maximum Gasteiger partial charge on any atom is 0.232 e. The van der Waals surface area contributed by atoms with E-state index in [0.29, 0.717) is 11.5 Å². The molecule has 118 valence electrons. The average Bonchev–Trinajstić information content (AvgIpc) is 2.98. The van der Waals surface area contributed by atoms with Crippen LogP contribution in [0.15, 0.2) is 41.0 Å². The SMILES string of the molecule is COc1ccc2cc([C@H](C)C(=O)Nc3nonc3C)ccc2c1. The summed E-state index contributed by atoms with van der Waals surface area (Å²) in [6.45, 7) is 3.57. The zero-order chi connectivity index (χ0) is 16.4. The van der Waals surface area contributed by atoms with E-state index >= 15 is 0 Å². The summed E-state index contributed by atoms with van der Waals surface area (Å²) in [5.41, 5.74) is 1.48. The Hall–Kier alpha value is -2.89. The molecule has 23 heavy (non-hydrogen) atoms. The number of nitrogens with one attached hydrogen (secondary N) is 1. The highest BCUT2D eigenvalue weighted by atomic mass is 16.6. The number of hydrogen-bond acceptors (Lipinski definition) is 5. The van der Waals surface area contributed by atoms with Crippen molar-refractivity contribution in [2.45, 2.75) is 19.8 Å². The minimum atomic E-state index is -0.322. The second-order valence-corrected chi connectivity index (χ2v) is 5.38. The van der Waals surface area contributed by atoms with Crippen molar-refractivity contribution in [3.8, 4) is 5.75 Å². The first-order valence-electron chi connectivity index (χ1n) is 7.26. The highest BCUT2D eigenvalue weighted by molar-refractivity contribution is 5.96. The van der Waals surface area contributed by atoms with E-state index in [1.807, 2.05) is 43.3 Å². The smallest absolute Gasteiger partial charge is 0.232 e. The fourth-order valence-electron chi connectivity index (χ4n) is 2.36. The van der Waals surface area contributed by atoms with Gasteiger partial charge in [0.25, 0.3) is 0 Å². The number of anilines is 1. The minimum absolute atomic E-state index is 0.156. The average molecular weight is 311 g/mol. The third-order valence-electron chi connectivity index (χ3n) is 3.86. The van der Waals surface area contributed by atoms with E-state index in [0.717, 1.165) is 22.1 Å². The van der Waals surface area contributed by atoms with E-state index < -0.39 is 0 Å². The molecule has 0 aliphatic carbocycles. The van der Waals surface area contributed by atoms with Crippen LogP contribution in [0.1, 0.15) is 24.1 Å². The Morgan fingerprint density at radius 1 is 1.17 bits per heavy atom. The lowest BCUT2D eigenvalue weighted by Crippen LogP contribution is -2.19. The van der Waals surface area contributed by atoms with E-state index in [-0.39, 0.29) is 11.8 Å². The molecular weight excluding hydrogens is 294 g/mol. The summed E-state index contributed by atoms with van der Waals surface area (Å²) < 4.78 is 9.81. The number of amides is 1. The number of aromatic nitrogens is 2. The van der Waals surface area contributed by atoms with Crippen molar-refractivity contribution in [3.05, 3.63) is 47.7 Å². The molecule has 6 heteroatoms. The molecule has 0 unspecified atom stereocenters. The van der Waals surface area contributed by atoms with Crippen LogP contribution >= 0.6 is 0 Å². The van der Waals surface area contributed by atoms with Crippen molar-refractivity contribution < 1.29 is 14.2 Å². The number of nitrogens with zero attached hydrogens (tertiary/aromatic N) is 2. The van der Waals surface area contributed by atoms with Gasteiger partial charge in [0.15, 0.2) is 5.82 Å². The van der Waals surface area contributed by atoms with Crippen molar-refractivity contribution in [3.63, 3.8) is 0 Å². The largest absolute Gasteiger partial charge is 0.497 e. The Bertz CT molecular complexity index is 857. The minimum Gasteiger partial charge on any atom is -0.497 e. The Labute approximate surface area is 133 Å². The predicted octanol–water partition coefficient (Wildman–Crippen LogP) is 3.28. The van der Waals surface area contributed by atoms with Gasteiger partial charge in [0, 0.05) is 0 Å². The molecule has 1 aromatic heterocycles. The van der Waals surface area contributed by atoms with Crippen LogP contribution in [0, 0.1) is 6.92 Å². The molecule has 1 heterocycles. The molecule has 1 N–H and O–H groups in total. The maximum atomic E-state index is 12.4. The Morgan fingerprint density at radius 3 is 2.61 bits per heavy atom. The van der Waals surface area contributed by atoms with E-state index in [1.165, 1.54) is 0 Å². The first kappa shape index (κ1) is 15.0. The second kappa shape index (κ2) is 6.08. The van der Waals surface area contributed by atoms with Crippen molar-refractivity contribution >= 4 is 22.5 Å². The Balaban J connectivity index is 1.84. The van der Waals surface area contributed by atoms with Gasteiger partial charge in [-0.15, -0.1) is 0 Å². The van der Waals surface area contributed by atoms with Gasteiger partial charge in [-0.2, -0.15) is 0 Å². The molecule has 0 aliphatic heterocycles. The molecule has 0 spiro atoms. The normalized spacial score (nSPS) is 12.1. The highest BCUT2D eigenvalue weighted by Gasteiger charge is 2.18. The van der Waals surface area contributed by atoms with Crippen LogP contribution in [0.5, 0.6) is 5.75 Å². The number of hydrogen-bond donors (Lipinski definition) is 1. The monoisotopic (exact) mass is 311 g/mol. The molecular formula is C17H17N3O3. The number of carbonyl (C=O) groups excluding carboxylic acids is 1. The van der Waals surface area contributed by atoms with Gasteiger partial charge in [0.2, 0.25) is 5.91 Å². The summed E-state index contributed by atoms with van der Waals surface area (Å²) >= 11 is 0. The quantitative estimate of drug-likeness (QED) is 0.800. The molecule has 1 amide bonds. The summed E-state index contributed by atoms with van der Waals surface area (Å²) in [4.78, 5) is 12.4. The zero-order valence-corrected chi connectivity index (χ0v) is 13.2. The van der Waals surface area contributed by atoms with Crippen LogP contribution in [0.4, 0.5) is 5.82 Å². The van der Waals surface area contributed by atoms with Gasteiger partial charge in [-0.25, -0.2) is 4.63 Å². The number of benzene rings is 2. The summed E-state index contributed by atoms with van der Waals surface area (Å²) in [5.74, 6) is 0.687. The van der Waals surface area contributed by atoms with Crippen LogP contribution in [-0.2, 0) is 4.79 Å². The van der Waals surface area contributed by atoms with Crippen LogP contribution in [0.3, 0.4) is 0 Å². The van der Waals surface area contributed by atoms with Gasteiger partial charge in [-0.1, -0.05) is 29.4 Å². The molecule has 6 nitrogen and oxygen atoms in total. The number of methoxy groups -OCH3 is 1. The van der Waals surface area contributed by atoms with Crippen molar-refractivity contribution in [2.24, 2.45) is 0 Å². The van der Waals surface area contributed by atoms with Crippen molar-refractivity contribution in [1.29, 1.82) is 0 Å². The second-order valence-electron chi connectivity index (χ2n) is 5.38. The van der Waals surface area contributed by atoms with Crippen LogP contribution in [0.25, 0.3) is 10.8 Å². The number of fused-ring (bicyclic) bond motifs is 1. The summed E-state index contributed by atoms with van der Waals surface area (Å²) in [5, 5.41) is 12.2. The van der Waals surface area contributed by atoms with Crippen LogP contribution in [0.2, 0.25) is 0 Å². The summed E-state index contributed by atoms with van der Waals surface area (Å²) in [6, 6.07) is 11.8. The van der Waals surface area contributed by atoms with Crippen LogP contribution in [-0.4, -0.2) is 23.3 Å². The number of carbonyl (C=O) groups is 1. The molecule has 3 rings (SSSR count). The lowest BCUT2D eigenvalue weighted by molar-refractivity contribution is -0.117. The van der Waals surface area contributed by atoms with Crippen molar-refractivity contribution in [2.75, 3.05) is 12.4 Å². The number of rotatable bonds is 4. The lowest BCUT2D eigenvalue weighted by atomic mass is 9.97. The summed E-state index contributed by atoms with van der Waals surface area (Å²) in [6.07, 6.45) is 0. The Kier molecular flexibility index (Phi) is 3.97. The zero-order valence-electron chi connectivity index (χ0n) is 13.2. The molecule has 0 radical (unpaired) electrons. The van der Waals surface area contributed by atoms with Gasteiger partial charge in [-0.05, 0) is 47.5 Å². The predicted molar refractivity (Wildman–Crippen MR) is 86.6 cm³/mol. The highest BCUT2D eigenvalue weighted by Crippen LogP contribution is 2.26. The van der Waals surface area contributed by atoms with Gasteiger partial charge in [-0.3, -0.25) is 4.79 Å². The van der Waals surface area contributed by atoms with Crippen LogP contribution < -0.4 is 10.1 Å². The van der Waals surface area contributed by atoms with Gasteiger partial charge in [0.1, 0.15) is 11.4 Å². The molecule has 3 aromatic rings. The lowest BCUT2D eigenvalue weighted by Gasteiger charge is -2.12. The van der Waals surface area contributed by atoms with E-state index in [4.69, 9.17) is 4.74 Å². The molecule has 0 saturated carbocycles. The fraction of sp³-hybridized carbons (Fsp3) is 0.235. The first-order valence-corrected chi connectivity index (χ1v) is 7.26. The number of ether oxygens (including phenoxy) is 1. The third kappa shape index (κ3) is 3.01. The van der Waals surface area contributed by atoms with E-state index in [2.05, 4.69) is 20.3 Å². The standard InChI is InChI=1S/C17H17N3O3/c1-10(17(21)18-16-11(2)19-23-20-16)12-4-5-14-9-15(22-3)7-6-13(14)8-12/h4-10H,1-3H3,(H,18,20,21)/t10-/m0/s1. The van der Waals surface area contributed by atoms with E-state index in [1.54, 1.807) is 14.0 Å². The topological polar surface area (TPSA) is 77.2 Å². The number of aryl methyl sites for hydroxylation is 1. The van der Waals surface area contributed by atoms with E-state index in [9.17, 15) is 4.79 Å². The molecule has 2 aromatic carbocycles. The molecule has 0 aliphatic rings. The molecule has 0 saturated heterocycles. The Morgan fingerprint density at radius 2 is 1.91 bits per heavy atom. The van der Waals surface area contributed by atoms with Gasteiger partial charge in [0.05, 0.1) is 13.0 Å². The van der Waals surface area contributed by atoms with Gasteiger partial charge >= 0.3 is 0 Å². The fourth-order valence-corrected chi connectivity index (χ4v) is 2.36. The third-order valence-corrected chi connectivity index (χ3v) is 3.86. The maximum absolute atomic E-state index is 12.4. The first-order chi connectivity index (χ1) is 11.1. The molecule has 1 atom stereocenters. The van der Waals surface area contributed by atoms with Gasteiger partial charge < -0.3 is 10.1 Å². The summed E-state index contributed by atoms with van der Waals surface area (Å²) in [7, 11) is 1.64.